The van der Waals surface area contributed by atoms with Crippen molar-refractivity contribution in [2.45, 2.75) is 0 Å². The summed E-state index contributed by atoms with van der Waals surface area (Å²) in [6.07, 6.45) is 0. The first-order valence-corrected chi connectivity index (χ1v) is 5.32. The Hall–Kier alpha value is -2.36. The van der Waals surface area contributed by atoms with Gasteiger partial charge in [-0.2, -0.15) is 0 Å². The predicted octanol–water partition coefficient (Wildman–Crippen LogP) is 4.08. The fraction of sp³-hybridized carbons (Fsp3) is 0. The Morgan fingerprint density at radius 2 is 1.83 bits per heavy atom. The van der Waals surface area contributed by atoms with Crippen molar-refractivity contribution in [1.29, 1.82) is 0 Å². The van der Waals surface area contributed by atoms with E-state index in [1.54, 1.807) is 18.2 Å². The summed E-state index contributed by atoms with van der Waals surface area (Å²) in [4.78, 5) is 0. The highest BCUT2D eigenvalue weighted by Crippen LogP contribution is 2.34. The second kappa shape index (κ2) is 3.84. The van der Waals surface area contributed by atoms with Crippen LogP contribution in [0.25, 0.3) is 22.3 Å². The molecule has 2 aromatic carbocycles. The van der Waals surface area contributed by atoms with E-state index in [-0.39, 0.29) is 11.3 Å². The Morgan fingerprint density at radius 3 is 2.56 bits per heavy atom. The highest BCUT2D eigenvalue weighted by atomic mass is 19.1. The molecule has 1 heterocycles. The standard InChI is InChI=1S/C14H8F2O2/c15-9-4-5-10(12(17)7-9)13-6-8-2-1-3-11(16)14(8)18-13/h1-7,17H. The lowest BCUT2D eigenvalue weighted by atomic mass is 10.1. The second-order valence-electron chi connectivity index (χ2n) is 3.93. The van der Waals surface area contributed by atoms with Crippen molar-refractivity contribution >= 4 is 11.0 Å². The largest absolute Gasteiger partial charge is 0.507 e. The van der Waals surface area contributed by atoms with Crippen molar-refractivity contribution in [2.24, 2.45) is 0 Å². The van der Waals surface area contributed by atoms with Crippen molar-refractivity contribution in [3.05, 3.63) is 54.1 Å². The Bertz CT molecular complexity index is 732. The molecule has 0 radical (unpaired) electrons. The number of phenolic OH excluding ortho intramolecular Hbond substituents is 1. The third-order valence-electron chi connectivity index (χ3n) is 2.72. The molecule has 0 aliphatic heterocycles. The molecule has 3 aromatic rings. The van der Waals surface area contributed by atoms with Gasteiger partial charge in [0.15, 0.2) is 11.4 Å². The van der Waals surface area contributed by atoms with Gasteiger partial charge >= 0.3 is 0 Å². The number of hydrogen-bond acceptors (Lipinski definition) is 2. The number of hydrogen-bond donors (Lipinski definition) is 1. The van der Waals surface area contributed by atoms with Gasteiger partial charge in [-0.1, -0.05) is 12.1 Å². The van der Waals surface area contributed by atoms with Crippen LogP contribution < -0.4 is 0 Å². The smallest absolute Gasteiger partial charge is 0.170 e. The number of rotatable bonds is 1. The van der Waals surface area contributed by atoms with Crippen LogP contribution in [-0.2, 0) is 0 Å². The van der Waals surface area contributed by atoms with Crippen molar-refractivity contribution in [1.82, 2.24) is 0 Å². The number of halogens is 2. The monoisotopic (exact) mass is 246 g/mol. The number of aromatic hydroxyl groups is 1. The number of fused-ring (bicyclic) bond motifs is 1. The molecule has 2 nitrogen and oxygen atoms in total. The topological polar surface area (TPSA) is 33.4 Å². The maximum absolute atomic E-state index is 13.5. The lowest BCUT2D eigenvalue weighted by molar-refractivity contribution is 0.468. The van der Waals surface area contributed by atoms with E-state index in [2.05, 4.69) is 0 Å². The fourth-order valence-corrected chi connectivity index (χ4v) is 1.87. The van der Waals surface area contributed by atoms with E-state index in [0.29, 0.717) is 16.7 Å². The molecule has 18 heavy (non-hydrogen) atoms. The molecule has 1 N–H and O–H groups in total. The number of furan rings is 1. The molecule has 0 atom stereocenters. The Balaban J connectivity index is 2.23. The number of phenols is 1. The molecule has 3 rings (SSSR count). The number of para-hydroxylation sites is 1. The van der Waals surface area contributed by atoms with E-state index in [0.717, 1.165) is 6.07 Å². The molecule has 0 fully saturated rings. The van der Waals surface area contributed by atoms with Crippen molar-refractivity contribution in [2.75, 3.05) is 0 Å². The van der Waals surface area contributed by atoms with E-state index in [4.69, 9.17) is 4.42 Å². The Labute approximate surface area is 101 Å². The molecule has 0 spiro atoms. The summed E-state index contributed by atoms with van der Waals surface area (Å²) in [5, 5.41) is 10.2. The van der Waals surface area contributed by atoms with E-state index < -0.39 is 11.6 Å². The van der Waals surface area contributed by atoms with Crippen LogP contribution in [0.3, 0.4) is 0 Å². The van der Waals surface area contributed by atoms with Gasteiger partial charge < -0.3 is 9.52 Å². The first kappa shape index (κ1) is 10.8. The molecule has 90 valence electrons. The molecule has 0 saturated carbocycles. The zero-order valence-corrected chi connectivity index (χ0v) is 9.15. The summed E-state index contributed by atoms with van der Waals surface area (Å²) >= 11 is 0. The minimum atomic E-state index is -0.543. The van der Waals surface area contributed by atoms with Crippen molar-refractivity contribution < 1.29 is 18.3 Å². The van der Waals surface area contributed by atoms with E-state index in [1.165, 1.54) is 18.2 Å². The SMILES string of the molecule is Oc1cc(F)ccc1-c1cc2cccc(F)c2o1. The van der Waals surface area contributed by atoms with Gasteiger partial charge in [-0.25, -0.2) is 8.78 Å². The predicted molar refractivity (Wildman–Crippen MR) is 63.2 cm³/mol. The van der Waals surface area contributed by atoms with E-state index in [9.17, 15) is 13.9 Å². The first-order chi connectivity index (χ1) is 8.65. The highest BCUT2D eigenvalue weighted by Gasteiger charge is 2.13. The van der Waals surface area contributed by atoms with Crippen LogP contribution in [0.2, 0.25) is 0 Å². The lowest BCUT2D eigenvalue weighted by Crippen LogP contribution is -1.78. The van der Waals surface area contributed by atoms with Gasteiger partial charge in [0, 0.05) is 11.5 Å². The maximum atomic E-state index is 13.5. The van der Waals surface area contributed by atoms with E-state index >= 15 is 0 Å². The summed E-state index contributed by atoms with van der Waals surface area (Å²) in [6, 6.07) is 9.75. The molecule has 1 aromatic heterocycles. The van der Waals surface area contributed by atoms with Gasteiger partial charge in [0.1, 0.15) is 17.3 Å². The quantitative estimate of drug-likeness (QED) is 0.701. The minimum Gasteiger partial charge on any atom is -0.507 e. The van der Waals surface area contributed by atoms with Gasteiger partial charge in [0.05, 0.1) is 5.56 Å². The van der Waals surface area contributed by atoms with E-state index in [1.807, 2.05) is 0 Å². The van der Waals surface area contributed by atoms with Gasteiger partial charge in [-0.3, -0.25) is 0 Å². The molecular formula is C14H8F2O2. The first-order valence-electron chi connectivity index (χ1n) is 5.32. The summed E-state index contributed by atoms with van der Waals surface area (Å²) in [6.45, 7) is 0. The average Bonchev–Trinajstić information content (AvgIpc) is 2.74. The van der Waals surface area contributed by atoms with Crippen LogP contribution >= 0.6 is 0 Å². The summed E-state index contributed by atoms with van der Waals surface area (Å²) < 4.78 is 31.7. The average molecular weight is 246 g/mol. The second-order valence-corrected chi connectivity index (χ2v) is 3.93. The molecule has 0 bridgehead atoms. The fourth-order valence-electron chi connectivity index (χ4n) is 1.87. The van der Waals surface area contributed by atoms with Gasteiger partial charge in [0.25, 0.3) is 0 Å². The van der Waals surface area contributed by atoms with Crippen LogP contribution in [-0.4, -0.2) is 5.11 Å². The van der Waals surface area contributed by atoms with Crippen LogP contribution in [0.4, 0.5) is 8.78 Å². The van der Waals surface area contributed by atoms with Crippen LogP contribution in [0.5, 0.6) is 5.75 Å². The highest BCUT2D eigenvalue weighted by molar-refractivity contribution is 5.84. The normalized spacial score (nSPS) is 11.0. The zero-order chi connectivity index (χ0) is 12.7. The molecule has 4 heteroatoms. The third-order valence-corrected chi connectivity index (χ3v) is 2.72. The van der Waals surface area contributed by atoms with Crippen molar-refractivity contribution in [3.8, 4) is 17.1 Å². The minimum absolute atomic E-state index is 0.122. The Morgan fingerprint density at radius 1 is 1.00 bits per heavy atom. The summed E-state index contributed by atoms with van der Waals surface area (Å²) in [5.41, 5.74) is 0.447. The zero-order valence-electron chi connectivity index (χ0n) is 9.15. The molecular weight excluding hydrogens is 238 g/mol. The van der Waals surface area contributed by atoms with Gasteiger partial charge in [-0.15, -0.1) is 0 Å². The molecule has 0 unspecified atom stereocenters. The molecule has 0 aliphatic rings. The molecule has 0 saturated heterocycles. The lowest BCUT2D eigenvalue weighted by Gasteiger charge is -2.00. The summed E-state index contributed by atoms with van der Waals surface area (Å²) in [5.74, 6) is -0.957. The third kappa shape index (κ3) is 1.62. The number of benzene rings is 2. The van der Waals surface area contributed by atoms with Gasteiger partial charge in [-0.05, 0) is 24.3 Å². The maximum Gasteiger partial charge on any atom is 0.170 e. The Kier molecular flexibility index (Phi) is 2.30. The van der Waals surface area contributed by atoms with Crippen LogP contribution in [0, 0.1) is 11.6 Å². The van der Waals surface area contributed by atoms with Gasteiger partial charge in [0.2, 0.25) is 0 Å². The van der Waals surface area contributed by atoms with Crippen molar-refractivity contribution in [3.63, 3.8) is 0 Å². The molecule has 0 amide bonds. The van der Waals surface area contributed by atoms with Crippen LogP contribution in [0.1, 0.15) is 0 Å². The molecule has 0 aliphatic carbocycles. The summed E-state index contributed by atoms with van der Waals surface area (Å²) in [7, 11) is 0. The van der Waals surface area contributed by atoms with Crippen LogP contribution in [0.15, 0.2) is 46.9 Å².